The zero-order valence-electron chi connectivity index (χ0n) is 14.5. The molecule has 1 saturated heterocycles. The lowest BCUT2D eigenvalue weighted by molar-refractivity contribution is -0.134. The van der Waals surface area contributed by atoms with E-state index in [4.69, 9.17) is 11.6 Å². The Morgan fingerprint density at radius 2 is 1.78 bits per heavy atom. The highest BCUT2D eigenvalue weighted by molar-refractivity contribution is 6.30. The highest BCUT2D eigenvalue weighted by Crippen LogP contribution is 2.29. The topological polar surface area (TPSA) is 78.5 Å². The summed E-state index contributed by atoms with van der Waals surface area (Å²) < 4.78 is 12.9. The minimum absolute atomic E-state index is 0.164. The lowest BCUT2D eigenvalue weighted by Gasteiger charge is -2.22. The first-order valence-corrected chi connectivity index (χ1v) is 8.59. The summed E-state index contributed by atoms with van der Waals surface area (Å²) in [5.41, 5.74) is 0.00579. The first kappa shape index (κ1) is 18.8. The molecule has 2 aromatic rings. The van der Waals surface area contributed by atoms with E-state index < -0.39 is 29.9 Å². The van der Waals surface area contributed by atoms with Gasteiger partial charge in [0.2, 0.25) is 5.91 Å². The van der Waals surface area contributed by atoms with E-state index in [0.29, 0.717) is 16.1 Å². The van der Waals surface area contributed by atoms with Gasteiger partial charge in [-0.2, -0.15) is 0 Å². The van der Waals surface area contributed by atoms with E-state index in [9.17, 15) is 18.8 Å². The Bertz CT molecular complexity index is 886. The van der Waals surface area contributed by atoms with Crippen LogP contribution in [-0.2, 0) is 21.7 Å². The lowest BCUT2D eigenvalue weighted by atomic mass is 9.92. The van der Waals surface area contributed by atoms with Gasteiger partial charge in [-0.15, -0.1) is 0 Å². The molecule has 0 unspecified atom stereocenters. The van der Waals surface area contributed by atoms with Crippen molar-refractivity contribution in [2.45, 2.75) is 19.0 Å². The van der Waals surface area contributed by atoms with Crippen LogP contribution < -0.4 is 10.6 Å². The standard InChI is InChI=1S/C19H17ClFN3O3/c1-19(13-4-6-14(20)7-5-13)17(26)24(18(27)23-19)11-16(25)22-10-12-2-8-15(21)9-3-12/h2-9H,10-11H2,1H3,(H,22,25)(H,23,27)/t19-/m1/s1. The fourth-order valence-corrected chi connectivity index (χ4v) is 2.95. The molecule has 1 fully saturated rings. The summed E-state index contributed by atoms with van der Waals surface area (Å²) in [7, 11) is 0. The number of nitrogens with one attached hydrogen (secondary N) is 2. The van der Waals surface area contributed by atoms with Crippen LogP contribution in [0, 0.1) is 5.82 Å². The van der Waals surface area contributed by atoms with Crippen LogP contribution in [0.4, 0.5) is 9.18 Å². The average Bonchev–Trinajstić information content (AvgIpc) is 2.86. The van der Waals surface area contributed by atoms with E-state index in [1.54, 1.807) is 43.3 Å². The minimum atomic E-state index is -1.26. The van der Waals surface area contributed by atoms with Crippen molar-refractivity contribution in [3.05, 3.63) is 70.5 Å². The highest BCUT2D eigenvalue weighted by atomic mass is 35.5. The maximum Gasteiger partial charge on any atom is 0.325 e. The summed E-state index contributed by atoms with van der Waals surface area (Å²) in [5.74, 6) is -1.39. The van der Waals surface area contributed by atoms with Crippen LogP contribution in [0.25, 0.3) is 0 Å². The van der Waals surface area contributed by atoms with Gasteiger partial charge in [0.05, 0.1) is 0 Å². The Morgan fingerprint density at radius 1 is 1.15 bits per heavy atom. The number of imide groups is 1. The quantitative estimate of drug-likeness (QED) is 0.771. The van der Waals surface area contributed by atoms with E-state index in [0.717, 1.165) is 4.90 Å². The molecule has 1 heterocycles. The van der Waals surface area contributed by atoms with E-state index in [-0.39, 0.29) is 12.4 Å². The van der Waals surface area contributed by atoms with Gasteiger partial charge in [0, 0.05) is 11.6 Å². The van der Waals surface area contributed by atoms with E-state index in [2.05, 4.69) is 10.6 Å². The fraction of sp³-hybridized carbons (Fsp3) is 0.211. The number of hydrogen-bond acceptors (Lipinski definition) is 3. The molecule has 27 heavy (non-hydrogen) atoms. The van der Waals surface area contributed by atoms with Gasteiger partial charge < -0.3 is 10.6 Å². The molecule has 2 aromatic carbocycles. The van der Waals surface area contributed by atoms with Crippen LogP contribution in [0.1, 0.15) is 18.1 Å². The molecule has 0 saturated carbocycles. The highest BCUT2D eigenvalue weighted by Gasteiger charge is 2.49. The molecular formula is C19H17ClFN3O3. The Hall–Kier alpha value is -2.93. The molecule has 0 aliphatic carbocycles. The van der Waals surface area contributed by atoms with Gasteiger partial charge in [0.1, 0.15) is 17.9 Å². The first-order valence-electron chi connectivity index (χ1n) is 8.21. The van der Waals surface area contributed by atoms with Gasteiger partial charge >= 0.3 is 6.03 Å². The predicted octanol–water partition coefficient (Wildman–Crippen LogP) is 2.56. The maximum absolute atomic E-state index is 12.9. The summed E-state index contributed by atoms with van der Waals surface area (Å²) in [6, 6.07) is 11.6. The van der Waals surface area contributed by atoms with Crippen LogP contribution in [-0.4, -0.2) is 29.3 Å². The molecule has 8 heteroatoms. The molecule has 4 amide bonds. The van der Waals surface area contributed by atoms with E-state index >= 15 is 0 Å². The molecular weight excluding hydrogens is 373 g/mol. The molecule has 1 aliphatic heterocycles. The molecule has 3 rings (SSSR count). The first-order chi connectivity index (χ1) is 12.8. The predicted molar refractivity (Wildman–Crippen MR) is 97.3 cm³/mol. The van der Waals surface area contributed by atoms with E-state index in [1.807, 2.05) is 0 Å². The van der Waals surface area contributed by atoms with Crippen molar-refractivity contribution in [1.82, 2.24) is 15.5 Å². The van der Waals surface area contributed by atoms with Crippen LogP contribution >= 0.6 is 11.6 Å². The number of benzene rings is 2. The third-order valence-electron chi connectivity index (χ3n) is 4.40. The van der Waals surface area contributed by atoms with Gasteiger partial charge in [-0.1, -0.05) is 35.9 Å². The van der Waals surface area contributed by atoms with Crippen molar-refractivity contribution in [2.24, 2.45) is 0 Å². The molecule has 6 nitrogen and oxygen atoms in total. The molecule has 0 bridgehead atoms. The molecule has 1 atom stereocenters. The van der Waals surface area contributed by atoms with Crippen molar-refractivity contribution in [1.29, 1.82) is 0 Å². The molecule has 140 valence electrons. The second-order valence-corrected chi connectivity index (χ2v) is 6.79. The van der Waals surface area contributed by atoms with Crippen LogP contribution in [0.3, 0.4) is 0 Å². The molecule has 0 radical (unpaired) electrons. The number of hydrogen-bond donors (Lipinski definition) is 2. The number of halogens is 2. The number of urea groups is 1. The Balaban J connectivity index is 1.65. The smallest absolute Gasteiger partial charge is 0.325 e. The largest absolute Gasteiger partial charge is 0.350 e. The lowest BCUT2D eigenvalue weighted by Crippen LogP contribution is -2.43. The molecule has 2 N–H and O–H groups in total. The summed E-state index contributed by atoms with van der Waals surface area (Å²) in [6.45, 7) is 1.33. The van der Waals surface area contributed by atoms with Gasteiger partial charge in [-0.3, -0.25) is 14.5 Å². The van der Waals surface area contributed by atoms with Gasteiger partial charge in [-0.25, -0.2) is 9.18 Å². The average molecular weight is 390 g/mol. The van der Waals surface area contributed by atoms with Crippen molar-refractivity contribution < 1.29 is 18.8 Å². The minimum Gasteiger partial charge on any atom is -0.350 e. The second-order valence-electron chi connectivity index (χ2n) is 6.36. The van der Waals surface area contributed by atoms with Gasteiger partial charge in [0.15, 0.2) is 0 Å². The molecule has 0 spiro atoms. The summed E-state index contributed by atoms with van der Waals surface area (Å²) >= 11 is 5.86. The summed E-state index contributed by atoms with van der Waals surface area (Å²) in [4.78, 5) is 38.0. The fourth-order valence-electron chi connectivity index (χ4n) is 2.82. The second kappa shape index (κ2) is 7.36. The monoisotopic (exact) mass is 389 g/mol. The van der Waals surface area contributed by atoms with Gasteiger partial charge in [-0.05, 0) is 42.3 Å². The van der Waals surface area contributed by atoms with Crippen molar-refractivity contribution in [3.63, 3.8) is 0 Å². The van der Waals surface area contributed by atoms with Crippen LogP contribution in [0.5, 0.6) is 0 Å². The Labute approximate surface area is 160 Å². The van der Waals surface area contributed by atoms with Crippen molar-refractivity contribution in [3.8, 4) is 0 Å². The SMILES string of the molecule is C[C@]1(c2ccc(Cl)cc2)NC(=O)N(CC(=O)NCc2ccc(F)cc2)C1=O. The van der Waals surface area contributed by atoms with Crippen LogP contribution in [0.15, 0.2) is 48.5 Å². The van der Waals surface area contributed by atoms with Crippen molar-refractivity contribution in [2.75, 3.05) is 6.54 Å². The Morgan fingerprint density at radius 3 is 2.41 bits per heavy atom. The maximum atomic E-state index is 12.9. The number of carbonyl (C=O) groups excluding carboxylic acids is 3. The third-order valence-corrected chi connectivity index (χ3v) is 4.65. The third kappa shape index (κ3) is 3.93. The number of rotatable bonds is 5. The summed E-state index contributed by atoms with van der Waals surface area (Å²) in [6.07, 6.45) is 0. The molecule has 1 aliphatic rings. The normalized spacial score (nSPS) is 19.1. The zero-order chi connectivity index (χ0) is 19.6. The van der Waals surface area contributed by atoms with E-state index in [1.165, 1.54) is 12.1 Å². The number of nitrogens with zero attached hydrogens (tertiary/aromatic N) is 1. The Kier molecular flexibility index (Phi) is 5.14. The summed E-state index contributed by atoms with van der Waals surface area (Å²) in [5, 5.41) is 5.74. The van der Waals surface area contributed by atoms with Gasteiger partial charge in [0.25, 0.3) is 5.91 Å². The number of amides is 4. The molecule has 0 aromatic heterocycles. The van der Waals surface area contributed by atoms with Crippen LogP contribution in [0.2, 0.25) is 5.02 Å². The zero-order valence-corrected chi connectivity index (χ0v) is 15.2. The number of carbonyl (C=O) groups is 3. The van der Waals surface area contributed by atoms with Crippen molar-refractivity contribution >= 4 is 29.4 Å².